The topological polar surface area (TPSA) is 58.9 Å². The first-order valence-corrected chi connectivity index (χ1v) is 9.28. The minimum atomic E-state index is 0.650. The van der Waals surface area contributed by atoms with Crippen molar-refractivity contribution < 1.29 is 0 Å². The number of hydrogen-bond donors (Lipinski definition) is 1. The normalized spacial score (nSPS) is 20.5. The maximum atomic E-state index is 4.89. The number of anilines is 3. The Morgan fingerprint density at radius 2 is 1.81 bits per heavy atom. The van der Waals surface area contributed by atoms with Crippen molar-refractivity contribution in [3.8, 4) is 0 Å². The van der Waals surface area contributed by atoms with Crippen molar-refractivity contribution in [2.45, 2.75) is 27.2 Å². The fourth-order valence-corrected chi connectivity index (χ4v) is 3.91. The van der Waals surface area contributed by atoms with Gasteiger partial charge >= 0.3 is 0 Å². The highest BCUT2D eigenvalue weighted by molar-refractivity contribution is 5.89. The highest BCUT2D eigenvalue weighted by atomic mass is 15.3. The van der Waals surface area contributed by atoms with E-state index in [0.717, 1.165) is 41.6 Å². The Balaban J connectivity index is 1.78. The van der Waals surface area contributed by atoms with Gasteiger partial charge in [-0.25, -0.2) is 0 Å². The van der Waals surface area contributed by atoms with Crippen molar-refractivity contribution in [1.82, 2.24) is 19.7 Å². The van der Waals surface area contributed by atoms with Gasteiger partial charge < -0.3 is 10.2 Å². The van der Waals surface area contributed by atoms with Gasteiger partial charge in [0.05, 0.1) is 11.6 Å². The van der Waals surface area contributed by atoms with E-state index in [-0.39, 0.29) is 0 Å². The Hall–Kier alpha value is -2.63. The fourth-order valence-electron chi connectivity index (χ4n) is 3.91. The number of piperidine rings is 1. The quantitative estimate of drug-likeness (QED) is 0.776. The van der Waals surface area contributed by atoms with Gasteiger partial charge in [-0.05, 0) is 36.8 Å². The molecule has 2 aromatic heterocycles. The van der Waals surface area contributed by atoms with Gasteiger partial charge in [-0.3, -0.25) is 4.68 Å². The molecule has 0 bridgehead atoms. The smallest absolute Gasteiger partial charge is 0.229 e. The van der Waals surface area contributed by atoms with Crippen LogP contribution < -0.4 is 10.2 Å². The SMILES string of the molecule is Cc1ccccc1Nc1nc(N2C[C@H](C)C[C@H](C)C2)nc2c1cnn2C. The average Bonchev–Trinajstić information content (AvgIpc) is 2.97. The minimum absolute atomic E-state index is 0.650. The summed E-state index contributed by atoms with van der Waals surface area (Å²) in [6.07, 6.45) is 3.10. The summed E-state index contributed by atoms with van der Waals surface area (Å²) >= 11 is 0. The van der Waals surface area contributed by atoms with E-state index in [2.05, 4.69) is 48.2 Å². The first kappa shape index (κ1) is 16.8. The summed E-state index contributed by atoms with van der Waals surface area (Å²) in [5.41, 5.74) is 3.10. The third kappa shape index (κ3) is 3.11. The summed E-state index contributed by atoms with van der Waals surface area (Å²) in [6, 6.07) is 8.25. The van der Waals surface area contributed by atoms with E-state index < -0.39 is 0 Å². The molecular weight excluding hydrogens is 324 g/mol. The number of aryl methyl sites for hydroxylation is 2. The van der Waals surface area contributed by atoms with Crippen LogP contribution in [0.5, 0.6) is 0 Å². The molecule has 1 saturated heterocycles. The van der Waals surface area contributed by atoms with Crippen LogP contribution in [-0.4, -0.2) is 32.8 Å². The maximum absolute atomic E-state index is 4.89. The molecule has 0 radical (unpaired) electrons. The van der Waals surface area contributed by atoms with Gasteiger partial charge in [0, 0.05) is 25.8 Å². The van der Waals surface area contributed by atoms with Crippen LogP contribution in [0.15, 0.2) is 30.5 Å². The lowest BCUT2D eigenvalue weighted by molar-refractivity contribution is 0.354. The molecular formula is C20H26N6. The van der Waals surface area contributed by atoms with Crippen LogP contribution in [0.2, 0.25) is 0 Å². The molecule has 3 heterocycles. The summed E-state index contributed by atoms with van der Waals surface area (Å²) in [5, 5.41) is 8.83. The molecule has 2 atom stereocenters. The van der Waals surface area contributed by atoms with Crippen LogP contribution in [0.4, 0.5) is 17.5 Å². The number of fused-ring (bicyclic) bond motifs is 1. The van der Waals surface area contributed by atoms with E-state index in [4.69, 9.17) is 9.97 Å². The van der Waals surface area contributed by atoms with Gasteiger partial charge in [-0.2, -0.15) is 15.1 Å². The van der Waals surface area contributed by atoms with E-state index in [0.29, 0.717) is 11.8 Å². The van der Waals surface area contributed by atoms with Crippen LogP contribution in [0, 0.1) is 18.8 Å². The third-order valence-corrected chi connectivity index (χ3v) is 5.13. The number of benzene rings is 1. The monoisotopic (exact) mass is 350 g/mol. The predicted octanol–water partition coefficient (Wildman–Crippen LogP) is 3.90. The van der Waals surface area contributed by atoms with Crippen molar-refractivity contribution in [2.24, 2.45) is 18.9 Å². The molecule has 6 heteroatoms. The average molecular weight is 350 g/mol. The zero-order chi connectivity index (χ0) is 18.3. The van der Waals surface area contributed by atoms with Crippen LogP contribution >= 0.6 is 0 Å². The highest BCUT2D eigenvalue weighted by Crippen LogP contribution is 2.30. The number of nitrogens with one attached hydrogen (secondary N) is 1. The Morgan fingerprint density at radius 3 is 2.54 bits per heavy atom. The molecule has 0 unspecified atom stereocenters. The summed E-state index contributed by atoms with van der Waals surface area (Å²) in [6.45, 7) is 8.70. The van der Waals surface area contributed by atoms with Crippen molar-refractivity contribution in [2.75, 3.05) is 23.3 Å². The fraction of sp³-hybridized carbons (Fsp3) is 0.450. The van der Waals surface area contributed by atoms with E-state index >= 15 is 0 Å². The third-order valence-electron chi connectivity index (χ3n) is 5.13. The van der Waals surface area contributed by atoms with Gasteiger partial charge in [0.1, 0.15) is 5.82 Å². The predicted molar refractivity (Wildman–Crippen MR) is 106 cm³/mol. The van der Waals surface area contributed by atoms with E-state index in [9.17, 15) is 0 Å². The summed E-state index contributed by atoms with van der Waals surface area (Å²) in [7, 11) is 1.93. The van der Waals surface area contributed by atoms with Crippen molar-refractivity contribution in [3.05, 3.63) is 36.0 Å². The van der Waals surface area contributed by atoms with Crippen LogP contribution in [0.25, 0.3) is 11.0 Å². The Kier molecular flexibility index (Phi) is 4.26. The molecule has 0 saturated carbocycles. The molecule has 136 valence electrons. The minimum Gasteiger partial charge on any atom is -0.340 e. The van der Waals surface area contributed by atoms with Crippen LogP contribution in [0.3, 0.4) is 0 Å². The lowest BCUT2D eigenvalue weighted by Gasteiger charge is -2.35. The molecule has 1 aliphatic rings. The lowest BCUT2D eigenvalue weighted by Crippen LogP contribution is -2.39. The van der Waals surface area contributed by atoms with Crippen molar-refractivity contribution in [3.63, 3.8) is 0 Å². The molecule has 6 nitrogen and oxygen atoms in total. The summed E-state index contributed by atoms with van der Waals surface area (Å²) < 4.78 is 1.82. The van der Waals surface area contributed by atoms with Gasteiger partial charge in [-0.1, -0.05) is 32.0 Å². The maximum Gasteiger partial charge on any atom is 0.229 e. The molecule has 0 spiro atoms. The van der Waals surface area contributed by atoms with Gasteiger partial charge in [0.15, 0.2) is 5.65 Å². The van der Waals surface area contributed by atoms with E-state index in [1.807, 2.05) is 30.1 Å². The Bertz CT molecular complexity index is 921. The largest absolute Gasteiger partial charge is 0.340 e. The summed E-state index contributed by atoms with van der Waals surface area (Å²) in [4.78, 5) is 12.0. The van der Waals surface area contributed by atoms with Crippen molar-refractivity contribution >= 4 is 28.5 Å². The molecule has 0 amide bonds. The number of hydrogen-bond acceptors (Lipinski definition) is 5. The molecule has 4 rings (SSSR count). The highest BCUT2D eigenvalue weighted by Gasteiger charge is 2.25. The number of nitrogens with zero attached hydrogens (tertiary/aromatic N) is 5. The second-order valence-corrected chi connectivity index (χ2v) is 7.67. The Morgan fingerprint density at radius 1 is 1.08 bits per heavy atom. The number of aromatic nitrogens is 4. The van der Waals surface area contributed by atoms with Crippen molar-refractivity contribution in [1.29, 1.82) is 0 Å². The molecule has 1 fully saturated rings. The second kappa shape index (κ2) is 6.59. The molecule has 1 aliphatic heterocycles. The molecule has 0 aliphatic carbocycles. The van der Waals surface area contributed by atoms with Gasteiger partial charge in [0.2, 0.25) is 5.95 Å². The van der Waals surface area contributed by atoms with E-state index in [1.54, 1.807) is 0 Å². The van der Waals surface area contributed by atoms with Gasteiger partial charge in [0.25, 0.3) is 0 Å². The molecule has 3 aromatic rings. The van der Waals surface area contributed by atoms with Crippen LogP contribution in [0.1, 0.15) is 25.8 Å². The molecule has 26 heavy (non-hydrogen) atoms. The second-order valence-electron chi connectivity index (χ2n) is 7.67. The zero-order valence-electron chi connectivity index (χ0n) is 15.9. The van der Waals surface area contributed by atoms with Gasteiger partial charge in [-0.15, -0.1) is 0 Å². The van der Waals surface area contributed by atoms with Crippen LogP contribution in [-0.2, 0) is 7.05 Å². The number of para-hydroxylation sites is 1. The lowest BCUT2D eigenvalue weighted by atomic mass is 9.92. The summed E-state index contributed by atoms with van der Waals surface area (Å²) in [5.74, 6) is 2.91. The molecule has 1 aromatic carbocycles. The first-order valence-electron chi connectivity index (χ1n) is 9.28. The number of rotatable bonds is 3. The zero-order valence-corrected chi connectivity index (χ0v) is 15.9. The standard InChI is InChI=1S/C20H26N6/c1-13-9-14(2)12-26(11-13)20-23-18(16-10-21-25(4)19(16)24-20)22-17-8-6-5-7-15(17)3/h5-8,10,13-14H,9,11-12H2,1-4H3,(H,22,23,24)/t13-,14+. The first-order chi connectivity index (χ1) is 12.5. The van der Waals surface area contributed by atoms with E-state index in [1.165, 1.54) is 12.0 Å². The molecule has 1 N–H and O–H groups in total. The Labute approximate surface area is 154 Å².